The average molecular weight is 274 g/mol. The molecule has 0 aliphatic heterocycles. The number of carboxylic acids is 1. The van der Waals surface area contributed by atoms with Crippen LogP contribution >= 0.6 is 0 Å². The van der Waals surface area contributed by atoms with Gasteiger partial charge in [-0.2, -0.15) is 0 Å². The van der Waals surface area contributed by atoms with Crippen molar-refractivity contribution in [3.05, 3.63) is 53.5 Å². The Morgan fingerprint density at radius 1 is 1.10 bits per heavy atom. The molecule has 0 saturated heterocycles. The lowest BCUT2D eigenvalue weighted by Crippen LogP contribution is -2.02. The first kappa shape index (κ1) is 14.2. The Bertz CT molecular complexity index is 581. The Labute approximate surface area is 118 Å². The Morgan fingerprint density at radius 2 is 1.75 bits per heavy atom. The van der Waals surface area contributed by atoms with E-state index in [1.807, 2.05) is 31.2 Å². The summed E-state index contributed by atoms with van der Waals surface area (Å²) in [6.07, 6.45) is -0.340. The Kier molecular flexibility index (Phi) is 4.13. The molecule has 2 aromatic rings. The van der Waals surface area contributed by atoms with Crippen molar-refractivity contribution in [1.82, 2.24) is 0 Å². The van der Waals surface area contributed by atoms with Crippen LogP contribution in [0.4, 0.5) is 0 Å². The molecular weight excluding hydrogens is 256 g/mol. The van der Waals surface area contributed by atoms with Gasteiger partial charge in [-0.15, -0.1) is 0 Å². The molecule has 0 saturated carbocycles. The molecule has 0 bridgehead atoms. The number of rotatable bonds is 5. The molecular formula is C16H18O4. The highest BCUT2D eigenvalue weighted by atomic mass is 16.5. The smallest absolute Gasteiger partial charge is 0.371 e. The van der Waals surface area contributed by atoms with Gasteiger partial charge in [0.15, 0.2) is 6.10 Å². The van der Waals surface area contributed by atoms with Gasteiger partial charge in [0.25, 0.3) is 0 Å². The quantitative estimate of drug-likeness (QED) is 0.885. The molecule has 1 aromatic carbocycles. The Hall–Kier alpha value is -2.23. The Morgan fingerprint density at radius 3 is 2.25 bits per heavy atom. The van der Waals surface area contributed by atoms with Gasteiger partial charge in [0.2, 0.25) is 5.76 Å². The van der Waals surface area contributed by atoms with Crippen LogP contribution in [-0.2, 0) is 0 Å². The normalized spacial score (nSPS) is 12.4. The number of carbonyl (C=O) groups is 1. The molecule has 1 heterocycles. The second kappa shape index (κ2) is 5.82. The van der Waals surface area contributed by atoms with Gasteiger partial charge in [0.05, 0.1) is 0 Å². The predicted molar refractivity (Wildman–Crippen MR) is 75.2 cm³/mol. The molecule has 1 N–H and O–H groups in total. The molecule has 0 radical (unpaired) electrons. The third kappa shape index (κ3) is 3.20. The van der Waals surface area contributed by atoms with Crippen molar-refractivity contribution < 1.29 is 19.1 Å². The van der Waals surface area contributed by atoms with Gasteiger partial charge in [0.1, 0.15) is 11.5 Å². The van der Waals surface area contributed by atoms with Crippen LogP contribution in [0.2, 0.25) is 0 Å². The van der Waals surface area contributed by atoms with E-state index in [0.29, 0.717) is 11.7 Å². The second-order valence-electron chi connectivity index (χ2n) is 4.99. The van der Waals surface area contributed by atoms with E-state index in [1.54, 1.807) is 6.07 Å². The van der Waals surface area contributed by atoms with Crippen molar-refractivity contribution in [3.8, 4) is 5.75 Å². The largest absolute Gasteiger partial charge is 0.483 e. The fraction of sp³-hybridized carbons (Fsp3) is 0.312. The first-order valence-corrected chi connectivity index (χ1v) is 6.57. The number of ether oxygens (including phenoxy) is 1. The van der Waals surface area contributed by atoms with E-state index < -0.39 is 5.97 Å². The summed E-state index contributed by atoms with van der Waals surface area (Å²) in [5.74, 6) is 0.547. The fourth-order valence-electron chi connectivity index (χ4n) is 1.88. The van der Waals surface area contributed by atoms with E-state index in [0.717, 1.165) is 5.75 Å². The number of benzene rings is 1. The first-order chi connectivity index (χ1) is 9.47. The van der Waals surface area contributed by atoms with Crippen LogP contribution in [0.5, 0.6) is 5.75 Å². The number of furan rings is 1. The maximum absolute atomic E-state index is 10.8. The summed E-state index contributed by atoms with van der Waals surface area (Å²) in [6, 6.07) is 10.9. The van der Waals surface area contributed by atoms with Crippen LogP contribution in [0.1, 0.15) is 54.7 Å². The summed E-state index contributed by atoms with van der Waals surface area (Å²) in [5.41, 5.74) is 1.25. The van der Waals surface area contributed by atoms with Crippen molar-refractivity contribution in [3.63, 3.8) is 0 Å². The standard InChI is InChI=1S/C16H18O4/c1-10(2)12-4-6-13(7-5-12)19-11(3)14-8-9-15(20-14)16(17)18/h4-11H,1-3H3,(H,17,18). The van der Waals surface area contributed by atoms with E-state index in [-0.39, 0.29) is 11.9 Å². The third-order valence-corrected chi connectivity index (χ3v) is 3.10. The van der Waals surface area contributed by atoms with E-state index in [1.165, 1.54) is 11.6 Å². The zero-order chi connectivity index (χ0) is 14.7. The molecule has 0 aliphatic carbocycles. The van der Waals surface area contributed by atoms with E-state index in [4.69, 9.17) is 14.3 Å². The minimum Gasteiger partial charge on any atom is -0.483 e. The molecule has 4 nitrogen and oxygen atoms in total. The van der Waals surface area contributed by atoms with E-state index in [2.05, 4.69) is 13.8 Å². The molecule has 0 aliphatic rings. The van der Waals surface area contributed by atoms with Gasteiger partial charge in [0, 0.05) is 0 Å². The van der Waals surface area contributed by atoms with Gasteiger partial charge in [-0.1, -0.05) is 26.0 Å². The molecule has 4 heteroatoms. The van der Waals surface area contributed by atoms with Crippen molar-refractivity contribution in [2.45, 2.75) is 32.8 Å². The number of carboxylic acid groups (broad SMARTS) is 1. The summed E-state index contributed by atoms with van der Waals surface area (Å²) in [6.45, 7) is 6.09. The average Bonchev–Trinajstić information content (AvgIpc) is 2.89. The lowest BCUT2D eigenvalue weighted by molar-refractivity contribution is 0.0655. The highest BCUT2D eigenvalue weighted by Gasteiger charge is 2.15. The van der Waals surface area contributed by atoms with Gasteiger partial charge >= 0.3 is 5.97 Å². The lowest BCUT2D eigenvalue weighted by atomic mass is 10.0. The topological polar surface area (TPSA) is 59.7 Å². The fourth-order valence-corrected chi connectivity index (χ4v) is 1.88. The summed E-state index contributed by atoms with van der Waals surface area (Å²) in [5, 5.41) is 8.82. The molecule has 0 fully saturated rings. The van der Waals surface area contributed by atoms with Crippen LogP contribution in [0.25, 0.3) is 0 Å². The van der Waals surface area contributed by atoms with Gasteiger partial charge in [-0.25, -0.2) is 4.79 Å². The summed E-state index contributed by atoms with van der Waals surface area (Å²) < 4.78 is 11.0. The lowest BCUT2D eigenvalue weighted by Gasteiger charge is -2.13. The van der Waals surface area contributed by atoms with Crippen LogP contribution in [0, 0.1) is 0 Å². The van der Waals surface area contributed by atoms with Crippen molar-refractivity contribution >= 4 is 5.97 Å². The summed E-state index contributed by atoms with van der Waals surface area (Å²) in [7, 11) is 0. The summed E-state index contributed by atoms with van der Waals surface area (Å²) >= 11 is 0. The van der Waals surface area contributed by atoms with Gasteiger partial charge in [-0.3, -0.25) is 0 Å². The molecule has 1 aromatic heterocycles. The second-order valence-corrected chi connectivity index (χ2v) is 4.99. The highest BCUT2D eigenvalue weighted by Crippen LogP contribution is 2.25. The molecule has 106 valence electrons. The molecule has 0 spiro atoms. The zero-order valence-electron chi connectivity index (χ0n) is 11.8. The van der Waals surface area contributed by atoms with Crippen molar-refractivity contribution in [1.29, 1.82) is 0 Å². The van der Waals surface area contributed by atoms with Crippen molar-refractivity contribution in [2.24, 2.45) is 0 Å². The Balaban J connectivity index is 2.06. The number of hydrogen-bond donors (Lipinski definition) is 1. The SMILES string of the molecule is CC(C)c1ccc(OC(C)c2ccc(C(=O)O)o2)cc1. The number of hydrogen-bond acceptors (Lipinski definition) is 3. The maximum Gasteiger partial charge on any atom is 0.371 e. The first-order valence-electron chi connectivity index (χ1n) is 6.57. The van der Waals surface area contributed by atoms with Crippen LogP contribution < -0.4 is 4.74 Å². The monoisotopic (exact) mass is 274 g/mol. The van der Waals surface area contributed by atoms with E-state index >= 15 is 0 Å². The molecule has 20 heavy (non-hydrogen) atoms. The minimum atomic E-state index is -1.08. The van der Waals surface area contributed by atoms with E-state index in [9.17, 15) is 4.79 Å². The zero-order valence-corrected chi connectivity index (χ0v) is 11.8. The minimum absolute atomic E-state index is 0.0781. The van der Waals surface area contributed by atoms with Crippen molar-refractivity contribution in [2.75, 3.05) is 0 Å². The molecule has 1 unspecified atom stereocenters. The maximum atomic E-state index is 10.8. The van der Waals surface area contributed by atoms with Crippen LogP contribution in [0.3, 0.4) is 0 Å². The van der Waals surface area contributed by atoms with Crippen LogP contribution in [-0.4, -0.2) is 11.1 Å². The predicted octanol–water partition coefficient (Wildman–Crippen LogP) is 4.24. The highest BCUT2D eigenvalue weighted by molar-refractivity contribution is 5.84. The van der Waals surface area contributed by atoms with Gasteiger partial charge < -0.3 is 14.3 Å². The third-order valence-electron chi connectivity index (χ3n) is 3.10. The molecule has 2 rings (SSSR count). The summed E-state index contributed by atoms with van der Waals surface area (Å²) in [4.78, 5) is 10.8. The number of aromatic carboxylic acids is 1. The molecule has 1 atom stereocenters. The van der Waals surface area contributed by atoms with Crippen LogP contribution in [0.15, 0.2) is 40.8 Å². The molecule has 0 amide bonds. The van der Waals surface area contributed by atoms with Gasteiger partial charge in [-0.05, 0) is 42.7 Å².